The molecule has 0 atom stereocenters. The second-order valence-electron chi connectivity index (χ2n) is 5.98. The number of carbonyl (C=O) groups is 1. The molecule has 0 aliphatic heterocycles. The normalized spacial score (nSPS) is 18.0. The average molecular weight is 277 g/mol. The summed E-state index contributed by atoms with van der Waals surface area (Å²) >= 11 is 0. The molecule has 0 aromatic carbocycles. The second-order valence-corrected chi connectivity index (χ2v) is 5.98. The Kier molecular flexibility index (Phi) is 4.26. The van der Waals surface area contributed by atoms with Crippen LogP contribution >= 0.6 is 0 Å². The van der Waals surface area contributed by atoms with Crippen LogP contribution in [0.1, 0.15) is 63.4 Å². The van der Waals surface area contributed by atoms with E-state index < -0.39 is 11.5 Å². The summed E-state index contributed by atoms with van der Waals surface area (Å²) in [6, 6.07) is 1.82. The summed E-state index contributed by atoms with van der Waals surface area (Å²) in [5.74, 6) is 0.830. The smallest absolute Gasteiger partial charge is 0.329 e. The second kappa shape index (κ2) is 5.77. The minimum absolute atomic E-state index is 0.225. The van der Waals surface area contributed by atoms with Crippen LogP contribution in [0.3, 0.4) is 0 Å². The van der Waals surface area contributed by atoms with Crippen LogP contribution in [0.25, 0.3) is 0 Å². The molecule has 0 saturated heterocycles. The summed E-state index contributed by atoms with van der Waals surface area (Å²) in [7, 11) is 0. The van der Waals surface area contributed by atoms with Crippen molar-refractivity contribution >= 4 is 11.8 Å². The lowest BCUT2D eigenvalue weighted by Gasteiger charge is -2.34. The van der Waals surface area contributed by atoms with E-state index in [1.54, 1.807) is 0 Å². The van der Waals surface area contributed by atoms with E-state index in [-0.39, 0.29) is 5.92 Å². The van der Waals surface area contributed by atoms with Gasteiger partial charge >= 0.3 is 5.97 Å². The summed E-state index contributed by atoms with van der Waals surface area (Å²) in [5, 5.41) is 12.8. The average Bonchev–Trinajstić information content (AvgIpc) is 2.38. The fourth-order valence-corrected chi connectivity index (χ4v) is 2.71. The third-order valence-electron chi connectivity index (χ3n) is 3.87. The van der Waals surface area contributed by atoms with Gasteiger partial charge < -0.3 is 10.4 Å². The lowest BCUT2D eigenvalue weighted by Crippen LogP contribution is -2.48. The van der Waals surface area contributed by atoms with Gasteiger partial charge in [0, 0.05) is 17.7 Å². The first-order valence-electron chi connectivity index (χ1n) is 7.30. The molecule has 20 heavy (non-hydrogen) atoms. The standard InChI is InChI=1S/C15H23N3O2/c1-10(2)13-16-11(3)9-12(17-13)18-15(14(19)20)7-5-4-6-8-15/h9-10H,4-8H2,1-3H3,(H,19,20)(H,16,17,18). The predicted octanol–water partition coefficient (Wildman–Crippen LogP) is 3.11. The van der Waals surface area contributed by atoms with Crippen molar-refractivity contribution in [3.05, 3.63) is 17.6 Å². The zero-order valence-electron chi connectivity index (χ0n) is 12.4. The van der Waals surface area contributed by atoms with Crippen molar-refractivity contribution < 1.29 is 9.90 Å². The first kappa shape index (κ1) is 14.8. The molecule has 1 heterocycles. The molecule has 1 aromatic heterocycles. The van der Waals surface area contributed by atoms with Gasteiger partial charge in [0.25, 0.3) is 0 Å². The van der Waals surface area contributed by atoms with Crippen LogP contribution in [-0.2, 0) is 4.79 Å². The number of carboxylic acids is 1. The third kappa shape index (κ3) is 3.08. The lowest BCUT2D eigenvalue weighted by atomic mass is 9.81. The Hall–Kier alpha value is -1.65. The highest BCUT2D eigenvalue weighted by Gasteiger charge is 2.39. The quantitative estimate of drug-likeness (QED) is 0.884. The van der Waals surface area contributed by atoms with Gasteiger partial charge in [-0.1, -0.05) is 33.1 Å². The third-order valence-corrected chi connectivity index (χ3v) is 3.87. The first-order valence-corrected chi connectivity index (χ1v) is 7.30. The number of nitrogens with zero attached hydrogens (tertiary/aromatic N) is 2. The van der Waals surface area contributed by atoms with Crippen LogP contribution in [0.15, 0.2) is 6.07 Å². The first-order chi connectivity index (χ1) is 9.43. The minimum atomic E-state index is -0.868. The monoisotopic (exact) mass is 277 g/mol. The molecule has 0 amide bonds. The van der Waals surface area contributed by atoms with Gasteiger partial charge in [0.1, 0.15) is 17.2 Å². The Bertz CT molecular complexity index is 494. The molecular formula is C15H23N3O2. The number of aliphatic carboxylic acids is 1. The van der Waals surface area contributed by atoms with Crippen LogP contribution in [-0.4, -0.2) is 26.6 Å². The van der Waals surface area contributed by atoms with Crippen molar-refractivity contribution in [1.29, 1.82) is 0 Å². The van der Waals surface area contributed by atoms with E-state index in [1.807, 2.05) is 26.8 Å². The number of aromatic nitrogens is 2. The minimum Gasteiger partial charge on any atom is -0.480 e. The highest BCUT2D eigenvalue weighted by Crippen LogP contribution is 2.32. The number of rotatable bonds is 4. The zero-order chi connectivity index (χ0) is 14.8. The van der Waals surface area contributed by atoms with Crippen LogP contribution in [0.4, 0.5) is 5.82 Å². The molecule has 1 fully saturated rings. The Morgan fingerprint density at radius 1 is 1.30 bits per heavy atom. The highest BCUT2D eigenvalue weighted by atomic mass is 16.4. The zero-order valence-corrected chi connectivity index (χ0v) is 12.4. The number of aryl methyl sites for hydroxylation is 1. The summed E-state index contributed by atoms with van der Waals surface area (Å²) in [6.07, 6.45) is 4.31. The fraction of sp³-hybridized carbons (Fsp3) is 0.667. The molecule has 1 aliphatic rings. The number of carboxylic acid groups (broad SMARTS) is 1. The Morgan fingerprint density at radius 3 is 2.50 bits per heavy atom. The molecular weight excluding hydrogens is 254 g/mol. The molecule has 0 bridgehead atoms. The van der Waals surface area contributed by atoms with E-state index >= 15 is 0 Å². The number of hydrogen-bond acceptors (Lipinski definition) is 4. The largest absolute Gasteiger partial charge is 0.480 e. The van der Waals surface area contributed by atoms with Crippen molar-refractivity contribution in [3.8, 4) is 0 Å². The van der Waals surface area contributed by atoms with E-state index in [1.165, 1.54) is 0 Å². The van der Waals surface area contributed by atoms with Gasteiger partial charge in [0.15, 0.2) is 0 Å². The van der Waals surface area contributed by atoms with Gasteiger partial charge in [0.2, 0.25) is 0 Å². The molecule has 1 saturated carbocycles. The maximum absolute atomic E-state index is 11.7. The van der Waals surface area contributed by atoms with Gasteiger partial charge in [-0.05, 0) is 19.8 Å². The van der Waals surface area contributed by atoms with Crippen molar-refractivity contribution in [1.82, 2.24) is 9.97 Å². The summed E-state index contributed by atoms with van der Waals surface area (Å²) in [4.78, 5) is 20.5. The van der Waals surface area contributed by atoms with Crippen molar-refractivity contribution in [3.63, 3.8) is 0 Å². The Morgan fingerprint density at radius 2 is 1.95 bits per heavy atom. The van der Waals surface area contributed by atoms with E-state index in [9.17, 15) is 9.90 Å². The molecule has 1 aliphatic carbocycles. The van der Waals surface area contributed by atoms with E-state index in [2.05, 4.69) is 15.3 Å². The highest BCUT2D eigenvalue weighted by molar-refractivity contribution is 5.82. The summed E-state index contributed by atoms with van der Waals surface area (Å²) in [6.45, 7) is 5.98. The lowest BCUT2D eigenvalue weighted by molar-refractivity contribution is -0.143. The number of hydrogen-bond donors (Lipinski definition) is 2. The Balaban J connectivity index is 2.29. The maximum atomic E-state index is 11.7. The molecule has 2 rings (SSSR count). The maximum Gasteiger partial charge on any atom is 0.329 e. The number of anilines is 1. The van der Waals surface area contributed by atoms with Crippen LogP contribution in [0.5, 0.6) is 0 Å². The molecule has 0 unspecified atom stereocenters. The van der Waals surface area contributed by atoms with Gasteiger partial charge in [-0.2, -0.15) is 0 Å². The Labute approximate surface area is 119 Å². The van der Waals surface area contributed by atoms with E-state index in [0.717, 1.165) is 30.8 Å². The summed E-state index contributed by atoms with van der Waals surface area (Å²) in [5.41, 5.74) is -0.00429. The van der Waals surface area contributed by atoms with Crippen LogP contribution in [0.2, 0.25) is 0 Å². The van der Waals surface area contributed by atoms with E-state index in [0.29, 0.717) is 18.7 Å². The van der Waals surface area contributed by atoms with Gasteiger partial charge in [-0.25, -0.2) is 14.8 Å². The SMILES string of the molecule is Cc1cc(NC2(C(=O)O)CCCCC2)nc(C(C)C)n1. The molecule has 0 spiro atoms. The van der Waals surface area contributed by atoms with E-state index in [4.69, 9.17) is 0 Å². The molecule has 2 N–H and O–H groups in total. The van der Waals surface area contributed by atoms with Crippen LogP contribution in [0, 0.1) is 6.92 Å². The molecule has 5 nitrogen and oxygen atoms in total. The van der Waals surface area contributed by atoms with Gasteiger partial charge in [0.05, 0.1) is 0 Å². The molecule has 1 aromatic rings. The predicted molar refractivity (Wildman–Crippen MR) is 77.9 cm³/mol. The van der Waals surface area contributed by atoms with Crippen molar-refractivity contribution in [2.45, 2.75) is 64.3 Å². The van der Waals surface area contributed by atoms with Crippen LogP contribution < -0.4 is 5.32 Å². The summed E-state index contributed by atoms with van der Waals surface area (Å²) < 4.78 is 0. The van der Waals surface area contributed by atoms with Gasteiger partial charge in [-0.15, -0.1) is 0 Å². The molecule has 0 radical (unpaired) electrons. The molecule has 110 valence electrons. The topological polar surface area (TPSA) is 75.1 Å². The van der Waals surface area contributed by atoms with Gasteiger partial charge in [-0.3, -0.25) is 0 Å². The molecule has 5 heteroatoms. The van der Waals surface area contributed by atoms with Crippen molar-refractivity contribution in [2.24, 2.45) is 0 Å². The number of nitrogens with one attached hydrogen (secondary N) is 1. The van der Waals surface area contributed by atoms with Crippen molar-refractivity contribution in [2.75, 3.05) is 5.32 Å². The fourth-order valence-electron chi connectivity index (χ4n) is 2.71.